The van der Waals surface area contributed by atoms with Crippen molar-refractivity contribution >= 4 is 77.2 Å². The van der Waals surface area contributed by atoms with Crippen LogP contribution in [0.2, 0.25) is 0 Å². The molecule has 12 rings (SSSR count). The minimum absolute atomic E-state index is 0.00313. The summed E-state index contributed by atoms with van der Waals surface area (Å²) in [7, 11) is 0. The summed E-state index contributed by atoms with van der Waals surface area (Å²) < 4.78 is 70.7. The molecule has 0 saturated carbocycles. The first-order chi connectivity index (χ1) is 55.1. The zero-order chi connectivity index (χ0) is 81.0. The number of aliphatic hydroxyl groups excluding tert-OH is 4. The largest absolute Gasteiger partial charge is 0.458 e. The van der Waals surface area contributed by atoms with Gasteiger partial charge in [0, 0.05) is 10.5 Å². The summed E-state index contributed by atoms with van der Waals surface area (Å²) in [4.78, 5) is 120. The highest BCUT2D eigenvalue weighted by Gasteiger charge is 2.57. The van der Waals surface area contributed by atoms with Crippen LogP contribution in [0.5, 0.6) is 0 Å². The molecule has 0 bridgehead atoms. The third-order valence-electron chi connectivity index (χ3n) is 17.3. The Balaban J connectivity index is 0.000000205. The summed E-state index contributed by atoms with van der Waals surface area (Å²) in [6, 6.07) is 73.5. The Labute approximate surface area is 665 Å². The molecule has 15 atom stereocenters. The highest BCUT2D eigenvalue weighted by Crippen LogP contribution is 2.40. The van der Waals surface area contributed by atoms with Crippen LogP contribution >= 0.6 is 23.5 Å². The van der Waals surface area contributed by atoms with Gasteiger partial charge in [0.1, 0.15) is 60.7 Å². The summed E-state index contributed by atoms with van der Waals surface area (Å²) in [5.41, 5.74) is 0.555. The van der Waals surface area contributed by atoms with Gasteiger partial charge in [0.15, 0.2) is 30.5 Å². The Hall–Kier alpha value is -11.4. The SMILES string of the molecule is CC(C)S[C@@H]1O[C@@H]([C@@H](COC(=O)c2ccccc2)OC(=O)c2ccccc2)[C@H](OC(=O)c2ccccc2)[C@H]1OC(=O)c1ccccc1.CC(C)S[C@@H]1O[C@@H]([C@H](O)CO)[C@H](O)[C@H]1O.O=C(OC[C@@H](OC(=O)c1ccccc1)[C@@H]1OC(OC(=O)c2ccccc2)[C@H](OC(=O)c2ccccc2)[C@H]1OC(=O)c1ccccc1)c1ccccc1. The van der Waals surface area contributed by atoms with E-state index in [1.165, 1.54) is 72.1 Å². The van der Waals surface area contributed by atoms with Gasteiger partial charge in [-0.05, 0) is 109 Å². The van der Waals surface area contributed by atoms with Crippen LogP contribution in [-0.4, -0.2) is 195 Å². The number of carbonyl (C=O) groups excluding carboxylic acids is 9. The zero-order valence-corrected chi connectivity index (χ0v) is 63.7. The molecule has 4 N–H and O–H groups in total. The molecular formula is C87H84O25S2. The average Bonchev–Trinajstić information content (AvgIpc) is 1.64. The van der Waals surface area contributed by atoms with Gasteiger partial charge < -0.3 is 77.3 Å². The van der Waals surface area contributed by atoms with E-state index in [1.807, 2.05) is 27.7 Å². The third kappa shape index (κ3) is 23.9. The lowest BCUT2D eigenvalue weighted by atomic mass is 10.0. The van der Waals surface area contributed by atoms with Gasteiger partial charge in [0.05, 0.1) is 56.7 Å². The normalized spacial score (nSPS) is 21.4. The molecule has 0 radical (unpaired) electrons. The van der Waals surface area contributed by atoms with E-state index in [0.717, 1.165) is 0 Å². The minimum atomic E-state index is -1.68. The monoisotopic (exact) mass is 1590 g/mol. The Kier molecular flexibility index (Phi) is 31.7. The van der Waals surface area contributed by atoms with E-state index < -0.39 is 164 Å². The van der Waals surface area contributed by atoms with E-state index in [2.05, 4.69) is 0 Å². The van der Waals surface area contributed by atoms with E-state index in [9.17, 15) is 58.5 Å². The Morgan fingerprint density at radius 2 is 0.570 bits per heavy atom. The van der Waals surface area contributed by atoms with E-state index in [0.29, 0.717) is 11.1 Å². The lowest BCUT2D eigenvalue weighted by molar-refractivity contribution is -0.156. The fourth-order valence-corrected chi connectivity index (χ4v) is 13.9. The van der Waals surface area contributed by atoms with Gasteiger partial charge in [0.25, 0.3) is 0 Å². The van der Waals surface area contributed by atoms with Crippen molar-refractivity contribution in [1.82, 2.24) is 0 Å². The Morgan fingerprint density at radius 3 is 0.886 bits per heavy atom. The van der Waals surface area contributed by atoms with Crippen molar-refractivity contribution in [1.29, 1.82) is 0 Å². The van der Waals surface area contributed by atoms with Crippen LogP contribution in [0, 0.1) is 0 Å². The van der Waals surface area contributed by atoms with Gasteiger partial charge in [-0.15, -0.1) is 23.5 Å². The molecule has 3 heterocycles. The summed E-state index contributed by atoms with van der Waals surface area (Å²) in [5.74, 6) is -6.79. The standard InChI is InChI=1S/C41H32O11.C37H34O9S.C9H18O5S/c42-36(27-16-6-1-7-17-27)47-26-32(48-37(43)28-18-8-2-9-19-28)33-34(49-38(44)29-20-10-3-11-21-29)35(50-39(45)30-22-12-4-13-23-30)41(51-33)52-40(46)31-24-14-5-15-25-31;1-24(2)47-37-32(45-36(41)28-21-13-6-14-22-28)31(44-35(40)27-19-11-5-12-20-27)30(46-37)29(43-34(39)26-17-9-4-10-18-26)23-42-33(38)25-15-7-3-8-16-25;1-4(2)15-9-7(13)6(12)8(14-9)5(11)3-10/h1-25,32-35,41H,26H2;3-22,24,29-32,37H,23H2,1-2H3;4-13H,3H2,1-2H3/t32-,33+,34+,35-,41?;29-,30+,31+,32-,37+;5-,6-,7-,8+,9+/m111/s1. The number of hydrogen-bond acceptors (Lipinski definition) is 27. The van der Waals surface area contributed by atoms with Crippen molar-refractivity contribution in [3.8, 4) is 0 Å². The number of rotatable bonds is 28. The second-order valence-electron chi connectivity index (χ2n) is 26.3. The van der Waals surface area contributed by atoms with Gasteiger partial charge in [-0.1, -0.05) is 191 Å². The van der Waals surface area contributed by atoms with E-state index in [-0.39, 0.29) is 49.4 Å². The molecule has 27 heteroatoms. The molecule has 0 spiro atoms. The number of thioether (sulfide) groups is 2. The van der Waals surface area contributed by atoms with E-state index in [1.54, 1.807) is 224 Å². The first-order valence-corrected chi connectivity index (χ1v) is 38.2. The summed E-state index contributed by atoms with van der Waals surface area (Å²) in [6.07, 6.45) is -16.9. The van der Waals surface area contributed by atoms with Crippen molar-refractivity contribution in [3.63, 3.8) is 0 Å². The second-order valence-corrected chi connectivity index (χ2v) is 29.6. The number of hydrogen-bond donors (Lipinski definition) is 4. The van der Waals surface area contributed by atoms with Gasteiger partial charge in [-0.3, -0.25) is 0 Å². The molecule has 0 aliphatic carbocycles. The number of esters is 9. The molecule has 1 unspecified atom stereocenters. The highest BCUT2D eigenvalue weighted by atomic mass is 32.2. The van der Waals surface area contributed by atoms with Crippen LogP contribution in [0.25, 0.3) is 0 Å². The molecular weight excluding hydrogens is 1510 g/mol. The van der Waals surface area contributed by atoms with Gasteiger partial charge in [-0.25, -0.2) is 43.2 Å². The number of carbonyl (C=O) groups is 9. The summed E-state index contributed by atoms with van der Waals surface area (Å²) in [6.45, 7) is 6.26. The minimum Gasteiger partial charge on any atom is -0.458 e. The topological polar surface area (TPSA) is 345 Å². The van der Waals surface area contributed by atoms with E-state index in [4.69, 9.17) is 61.9 Å². The molecule has 594 valence electrons. The number of benzene rings is 9. The van der Waals surface area contributed by atoms with E-state index >= 15 is 0 Å². The fourth-order valence-electron chi connectivity index (χ4n) is 11.8. The fraction of sp³-hybridized carbons (Fsp3) is 0.276. The molecule has 3 saturated heterocycles. The molecule has 3 aliphatic heterocycles. The van der Waals surface area contributed by atoms with Gasteiger partial charge >= 0.3 is 53.7 Å². The van der Waals surface area contributed by atoms with Gasteiger partial charge in [-0.2, -0.15) is 0 Å². The molecule has 0 aromatic heterocycles. The van der Waals surface area contributed by atoms with Crippen LogP contribution < -0.4 is 0 Å². The zero-order valence-electron chi connectivity index (χ0n) is 62.1. The maximum absolute atomic E-state index is 13.6. The first kappa shape index (κ1) is 85.1. The van der Waals surface area contributed by atoms with Crippen molar-refractivity contribution in [2.24, 2.45) is 0 Å². The van der Waals surface area contributed by atoms with Crippen molar-refractivity contribution in [3.05, 3.63) is 323 Å². The lowest BCUT2D eigenvalue weighted by Crippen LogP contribution is -2.47. The van der Waals surface area contributed by atoms with Crippen molar-refractivity contribution < 1.29 is 120 Å². The summed E-state index contributed by atoms with van der Waals surface area (Å²) >= 11 is 2.73. The third-order valence-corrected chi connectivity index (χ3v) is 19.7. The van der Waals surface area contributed by atoms with Crippen molar-refractivity contribution in [2.75, 3.05) is 19.8 Å². The Bertz CT molecular complexity index is 4560. The molecule has 9 aromatic carbocycles. The van der Waals surface area contributed by atoms with Crippen LogP contribution in [-0.2, 0) is 56.8 Å². The number of aliphatic hydroxyl groups is 4. The maximum Gasteiger partial charge on any atom is 0.340 e. The molecule has 9 aromatic rings. The molecule has 3 fully saturated rings. The highest BCUT2D eigenvalue weighted by molar-refractivity contribution is 8.00. The lowest BCUT2D eigenvalue weighted by Gasteiger charge is -2.28. The predicted molar refractivity (Wildman–Crippen MR) is 416 cm³/mol. The molecule has 3 aliphatic rings. The Morgan fingerprint density at radius 1 is 0.316 bits per heavy atom. The molecule has 25 nitrogen and oxygen atoms in total. The first-order valence-electron chi connectivity index (χ1n) is 36.3. The van der Waals surface area contributed by atoms with Crippen LogP contribution in [0.3, 0.4) is 0 Å². The smallest absolute Gasteiger partial charge is 0.340 e. The average molecular weight is 1590 g/mol. The molecule has 0 amide bonds. The van der Waals surface area contributed by atoms with Crippen molar-refractivity contribution in [2.45, 2.75) is 129 Å². The van der Waals surface area contributed by atoms with Gasteiger partial charge in [0.2, 0.25) is 12.4 Å². The van der Waals surface area contributed by atoms with Crippen LogP contribution in [0.1, 0.15) is 121 Å². The quantitative estimate of drug-likeness (QED) is 0.0261. The second kappa shape index (κ2) is 42.5. The number of ether oxygens (including phenoxy) is 12. The predicted octanol–water partition coefficient (Wildman–Crippen LogP) is 11.4. The summed E-state index contributed by atoms with van der Waals surface area (Å²) in [5, 5.41) is 37.6. The van der Waals surface area contributed by atoms with Crippen LogP contribution in [0.4, 0.5) is 0 Å². The van der Waals surface area contributed by atoms with Crippen LogP contribution in [0.15, 0.2) is 273 Å². The maximum atomic E-state index is 13.6. The molecule has 114 heavy (non-hydrogen) atoms.